The second kappa shape index (κ2) is 9.65. The summed E-state index contributed by atoms with van der Waals surface area (Å²) in [5.74, 6) is 0. The summed E-state index contributed by atoms with van der Waals surface area (Å²) in [4.78, 5) is 14.8. The largest absolute Gasteiger partial charge is 0.256 e. The van der Waals surface area contributed by atoms with Crippen molar-refractivity contribution in [3.8, 4) is 33.6 Å². The van der Waals surface area contributed by atoms with E-state index in [1.807, 2.05) is 12.3 Å². The Morgan fingerprint density at radius 1 is 0.370 bits per heavy atom. The van der Waals surface area contributed by atoms with Crippen molar-refractivity contribution in [2.45, 2.75) is 0 Å². The van der Waals surface area contributed by atoms with E-state index in [-0.39, 0.29) is 0 Å². The first-order valence-corrected chi connectivity index (χ1v) is 15.6. The van der Waals surface area contributed by atoms with Crippen molar-refractivity contribution in [2.75, 3.05) is 0 Å². The summed E-state index contributed by atoms with van der Waals surface area (Å²) in [5.41, 5.74) is 9.26. The van der Waals surface area contributed by atoms with Gasteiger partial charge in [-0.05, 0) is 73.8 Å². The highest BCUT2D eigenvalue weighted by Gasteiger charge is 2.13. The molecule has 0 N–H and O–H groups in total. The maximum atomic E-state index is 5.19. The van der Waals surface area contributed by atoms with Crippen LogP contribution in [0.2, 0.25) is 0 Å². The van der Waals surface area contributed by atoms with Crippen LogP contribution in [0.5, 0.6) is 0 Å². The second-order valence-electron chi connectivity index (χ2n) is 12.1. The van der Waals surface area contributed by atoms with Gasteiger partial charge in [0.05, 0.1) is 27.9 Å². The van der Waals surface area contributed by atoms with Crippen molar-refractivity contribution in [3.63, 3.8) is 0 Å². The lowest BCUT2D eigenvalue weighted by atomic mass is 9.89. The highest BCUT2D eigenvalue weighted by Crippen LogP contribution is 2.39. The molecule has 0 aliphatic rings. The summed E-state index contributed by atoms with van der Waals surface area (Å²) in [6, 6.07) is 52.0. The number of hydrogen-bond donors (Lipinski definition) is 0. The molecule has 0 aliphatic heterocycles. The predicted octanol–water partition coefficient (Wildman–Crippen LogP) is 11.2. The molecule has 3 heteroatoms. The molecule has 0 bridgehead atoms. The lowest BCUT2D eigenvalue weighted by molar-refractivity contribution is 1.36. The SMILES string of the molecule is c1cnc2ccc(-c3ccc4ccc5ccc(-c6ccc(-c7ccc8ccc9cccc%10ccc7c8c9%10)cc6)nc5c4n3)cc2c1. The van der Waals surface area contributed by atoms with Crippen molar-refractivity contribution in [1.82, 2.24) is 15.0 Å². The Morgan fingerprint density at radius 2 is 0.935 bits per heavy atom. The number of aromatic nitrogens is 3. The molecule has 0 atom stereocenters. The van der Waals surface area contributed by atoms with Gasteiger partial charge in [-0.3, -0.25) is 4.98 Å². The number of nitrogens with zero attached hydrogens (tertiary/aromatic N) is 3. The van der Waals surface area contributed by atoms with Gasteiger partial charge in [0, 0.05) is 33.5 Å². The molecule has 0 saturated heterocycles. The van der Waals surface area contributed by atoms with Gasteiger partial charge in [0.15, 0.2) is 0 Å². The molecule has 46 heavy (non-hydrogen) atoms. The maximum Gasteiger partial charge on any atom is 0.0972 e. The van der Waals surface area contributed by atoms with Crippen LogP contribution < -0.4 is 0 Å². The molecule has 0 fully saturated rings. The molecule has 3 aromatic heterocycles. The molecule has 0 unspecified atom stereocenters. The number of hydrogen-bond acceptors (Lipinski definition) is 3. The Balaban J connectivity index is 1.07. The molecule has 10 rings (SSSR count). The third kappa shape index (κ3) is 3.82. The van der Waals surface area contributed by atoms with Gasteiger partial charge >= 0.3 is 0 Å². The van der Waals surface area contributed by atoms with E-state index in [9.17, 15) is 0 Å². The fourth-order valence-electron chi connectivity index (χ4n) is 7.13. The lowest BCUT2D eigenvalue weighted by Gasteiger charge is -2.14. The first kappa shape index (κ1) is 25.2. The first-order valence-electron chi connectivity index (χ1n) is 15.6. The smallest absolute Gasteiger partial charge is 0.0972 e. The summed E-state index contributed by atoms with van der Waals surface area (Å²) in [5, 5.41) is 11.1. The zero-order chi connectivity index (χ0) is 30.2. The molecule has 0 spiro atoms. The van der Waals surface area contributed by atoms with E-state index in [2.05, 4.69) is 145 Å². The third-order valence-electron chi connectivity index (χ3n) is 9.44. The fourth-order valence-corrected chi connectivity index (χ4v) is 7.13. The van der Waals surface area contributed by atoms with Gasteiger partial charge in [-0.15, -0.1) is 0 Å². The Hall–Kier alpha value is -6.19. The van der Waals surface area contributed by atoms with Crippen LogP contribution in [0.1, 0.15) is 0 Å². The molecule has 0 saturated carbocycles. The number of pyridine rings is 3. The molecule has 0 radical (unpaired) electrons. The molecule has 0 aliphatic carbocycles. The monoisotopic (exact) mass is 583 g/mol. The minimum Gasteiger partial charge on any atom is -0.256 e. The van der Waals surface area contributed by atoms with E-state index in [1.54, 1.807) is 0 Å². The van der Waals surface area contributed by atoms with E-state index in [0.717, 1.165) is 55.2 Å². The van der Waals surface area contributed by atoms with Crippen molar-refractivity contribution in [1.29, 1.82) is 0 Å². The Morgan fingerprint density at radius 3 is 1.70 bits per heavy atom. The molecular weight excluding hydrogens is 558 g/mol. The number of rotatable bonds is 3. The summed E-state index contributed by atoms with van der Waals surface area (Å²) in [7, 11) is 0. The van der Waals surface area contributed by atoms with Gasteiger partial charge in [-0.1, -0.05) is 115 Å². The third-order valence-corrected chi connectivity index (χ3v) is 9.44. The molecular formula is C43H25N3. The van der Waals surface area contributed by atoms with Gasteiger partial charge in [0.2, 0.25) is 0 Å². The predicted molar refractivity (Wildman–Crippen MR) is 192 cm³/mol. The van der Waals surface area contributed by atoms with Crippen molar-refractivity contribution < 1.29 is 0 Å². The standard InChI is InChI=1S/C43H25N3/c1-3-28-10-11-30-14-19-35(36-20-15-29(4-1)40(28)41(30)36)26-6-8-27(9-7-26)38-22-16-31-12-13-32-17-23-39(46-43(32)42(31)45-38)34-18-21-37-33(25-34)5-2-24-44-37/h1-25H. The van der Waals surface area contributed by atoms with Crippen LogP contribution in [0.15, 0.2) is 152 Å². The molecule has 7 aromatic carbocycles. The number of fused-ring (bicyclic) bond motifs is 4. The lowest BCUT2D eigenvalue weighted by Crippen LogP contribution is -1.91. The van der Waals surface area contributed by atoms with Crippen molar-refractivity contribution >= 4 is 65.0 Å². The average molecular weight is 584 g/mol. The highest BCUT2D eigenvalue weighted by atomic mass is 14.8. The van der Waals surface area contributed by atoms with Crippen LogP contribution in [0, 0.1) is 0 Å². The Labute approximate surface area is 264 Å². The normalized spacial score (nSPS) is 11.9. The topological polar surface area (TPSA) is 38.7 Å². The second-order valence-corrected chi connectivity index (χ2v) is 12.1. The van der Waals surface area contributed by atoms with Crippen LogP contribution >= 0.6 is 0 Å². The van der Waals surface area contributed by atoms with Crippen molar-refractivity contribution in [2.24, 2.45) is 0 Å². The van der Waals surface area contributed by atoms with Crippen LogP contribution in [0.25, 0.3) is 98.7 Å². The van der Waals surface area contributed by atoms with E-state index in [4.69, 9.17) is 9.97 Å². The minimum atomic E-state index is 0.911. The van der Waals surface area contributed by atoms with Crippen LogP contribution in [0.4, 0.5) is 0 Å². The molecule has 212 valence electrons. The highest BCUT2D eigenvalue weighted by molar-refractivity contribution is 6.25. The van der Waals surface area contributed by atoms with E-state index in [0.29, 0.717) is 0 Å². The van der Waals surface area contributed by atoms with E-state index >= 15 is 0 Å². The zero-order valence-electron chi connectivity index (χ0n) is 24.8. The van der Waals surface area contributed by atoms with Crippen LogP contribution in [-0.4, -0.2) is 15.0 Å². The maximum absolute atomic E-state index is 5.19. The van der Waals surface area contributed by atoms with E-state index in [1.165, 1.54) is 43.4 Å². The first-order chi connectivity index (χ1) is 22.8. The quantitative estimate of drug-likeness (QED) is 0.194. The van der Waals surface area contributed by atoms with Crippen molar-refractivity contribution in [3.05, 3.63) is 152 Å². The van der Waals surface area contributed by atoms with Gasteiger partial charge in [-0.25, -0.2) is 9.97 Å². The minimum absolute atomic E-state index is 0.911. The van der Waals surface area contributed by atoms with E-state index < -0.39 is 0 Å². The summed E-state index contributed by atoms with van der Waals surface area (Å²) in [6.07, 6.45) is 1.83. The molecule has 10 aromatic rings. The van der Waals surface area contributed by atoms with Gasteiger partial charge in [0.25, 0.3) is 0 Å². The van der Waals surface area contributed by atoms with Crippen LogP contribution in [-0.2, 0) is 0 Å². The summed E-state index contributed by atoms with van der Waals surface area (Å²) in [6.45, 7) is 0. The Bertz CT molecular complexity index is 2780. The van der Waals surface area contributed by atoms with Gasteiger partial charge in [-0.2, -0.15) is 0 Å². The van der Waals surface area contributed by atoms with Gasteiger partial charge in [0.1, 0.15) is 0 Å². The fraction of sp³-hybridized carbons (Fsp3) is 0. The summed E-state index contributed by atoms with van der Waals surface area (Å²) < 4.78 is 0. The molecule has 3 heterocycles. The zero-order valence-corrected chi connectivity index (χ0v) is 24.8. The van der Waals surface area contributed by atoms with Crippen LogP contribution in [0.3, 0.4) is 0 Å². The average Bonchev–Trinajstić information content (AvgIpc) is 3.13. The molecule has 0 amide bonds. The number of benzene rings is 7. The Kier molecular flexibility index (Phi) is 5.28. The molecule has 3 nitrogen and oxygen atoms in total. The summed E-state index contributed by atoms with van der Waals surface area (Å²) >= 11 is 0. The van der Waals surface area contributed by atoms with Gasteiger partial charge < -0.3 is 0 Å².